The number of carboxylic acid groups (broad SMARTS) is 1. The Bertz CT molecular complexity index is 1020. The highest BCUT2D eigenvalue weighted by molar-refractivity contribution is 5.79. The van der Waals surface area contributed by atoms with Crippen LogP contribution in [0, 0.1) is 17.8 Å². The van der Waals surface area contributed by atoms with Crippen molar-refractivity contribution in [3.63, 3.8) is 0 Å². The van der Waals surface area contributed by atoms with Crippen molar-refractivity contribution in [1.29, 1.82) is 0 Å². The molecule has 7 heteroatoms. The van der Waals surface area contributed by atoms with E-state index in [1.165, 1.54) is 11.1 Å². The summed E-state index contributed by atoms with van der Waals surface area (Å²) < 4.78 is 5.58. The number of nitrogens with one attached hydrogen (secondary N) is 2. The smallest absolute Gasteiger partial charge is 0.407 e. The van der Waals surface area contributed by atoms with E-state index < -0.39 is 12.1 Å². The summed E-state index contributed by atoms with van der Waals surface area (Å²) >= 11 is 0. The highest BCUT2D eigenvalue weighted by atomic mass is 16.5. The zero-order valence-electron chi connectivity index (χ0n) is 20.2. The minimum atomic E-state index is -0.777. The van der Waals surface area contributed by atoms with E-state index in [2.05, 4.69) is 34.9 Å². The molecule has 0 radical (unpaired) electrons. The van der Waals surface area contributed by atoms with Crippen LogP contribution in [-0.2, 0) is 14.3 Å². The van der Waals surface area contributed by atoms with Gasteiger partial charge in [-0.15, -0.1) is 0 Å². The number of carbonyl (C=O) groups is 3. The monoisotopic (exact) mass is 478 g/mol. The van der Waals surface area contributed by atoms with Crippen molar-refractivity contribution in [3.8, 4) is 11.1 Å². The topological polar surface area (TPSA) is 105 Å². The van der Waals surface area contributed by atoms with Crippen LogP contribution < -0.4 is 10.6 Å². The molecule has 3 unspecified atom stereocenters. The normalized spacial score (nSPS) is 19.5. The van der Waals surface area contributed by atoms with Gasteiger partial charge in [-0.3, -0.25) is 9.59 Å². The number of hydrogen-bond acceptors (Lipinski definition) is 4. The van der Waals surface area contributed by atoms with Gasteiger partial charge in [-0.25, -0.2) is 4.79 Å². The van der Waals surface area contributed by atoms with E-state index in [1.54, 1.807) is 0 Å². The van der Waals surface area contributed by atoms with Gasteiger partial charge in [0.05, 0.1) is 5.92 Å². The standard InChI is InChI=1S/C28H34N2O5/c1-2-18(14-26(31)29-16-19-8-7-13-20(19)27(32)33)15-30-28(34)35-17-25-23-11-5-3-9-21(23)22-10-4-6-12-24(22)25/h3-6,9-12,18-20,25H,2,7-8,13-17H2,1H3,(H,29,31)(H,30,34)(H,32,33). The van der Waals surface area contributed by atoms with Gasteiger partial charge in [0.1, 0.15) is 6.61 Å². The van der Waals surface area contributed by atoms with E-state index in [9.17, 15) is 19.5 Å². The number of carbonyl (C=O) groups excluding carboxylic acids is 2. The fourth-order valence-electron chi connectivity index (χ4n) is 5.42. The number of benzene rings is 2. The lowest BCUT2D eigenvalue weighted by Gasteiger charge is -2.19. The Morgan fingerprint density at radius 3 is 2.29 bits per heavy atom. The van der Waals surface area contributed by atoms with Crippen molar-refractivity contribution in [1.82, 2.24) is 10.6 Å². The Kier molecular flexibility index (Phi) is 8.06. The number of aliphatic carboxylic acids is 1. The summed E-state index contributed by atoms with van der Waals surface area (Å²) in [5.41, 5.74) is 4.69. The Balaban J connectivity index is 1.22. The Hall–Kier alpha value is -3.35. The molecule has 2 amide bonds. The predicted molar refractivity (Wildman–Crippen MR) is 133 cm³/mol. The summed E-state index contributed by atoms with van der Waals surface area (Å²) in [6, 6.07) is 16.4. The molecular formula is C28H34N2O5. The lowest BCUT2D eigenvalue weighted by atomic mass is 9.96. The van der Waals surface area contributed by atoms with Crippen molar-refractivity contribution in [2.75, 3.05) is 19.7 Å². The summed E-state index contributed by atoms with van der Waals surface area (Å²) in [5.74, 6) is -1.27. The van der Waals surface area contributed by atoms with Crippen LogP contribution in [0.15, 0.2) is 48.5 Å². The van der Waals surface area contributed by atoms with Gasteiger partial charge in [0.2, 0.25) is 5.91 Å². The molecule has 0 aliphatic heterocycles. The molecule has 35 heavy (non-hydrogen) atoms. The van der Waals surface area contributed by atoms with Crippen molar-refractivity contribution in [3.05, 3.63) is 59.7 Å². The van der Waals surface area contributed by atoms with E-state index in [0.29, 0.717) is 19.5 Å². The van der Waals surface area contributed by atoms with E-state index in [-0.39, 0.29) is 42.6 Å². The van der Waals surface area contributed by atoms with E-state index >= 15 is 0 Å². The molecule has 0 heterocycles. The summed E-state index contributed by atoms with van der Waals surface area (Å²) in [5, 5.41) is 15.0. The summed E-state index contributed by atoms with van der Waals surface area (Å²) in [6.07, 6.45) is 2.93. The maximum atomic E-state index is 12.4. The number of ether oxygens (including phenoxy) is 1. The molecule has 1 saturated carbocycles. The molecule has 0 saturated heterocycles. The lowest BCUT2D eigenvalue weighted by molar-refractivity contribution is -0.143. The van der Waals surface area contributed by atoms with Gasteiger partial charge in [0.15, 0.2) is 0 Å². The van der Waals surface area contributed by atoms with Crippen LogP contribution in [0.4, 0.5) is 4.79 Å². The summed E-state index contributed by atoms with van der Waals surface area (Å²) in [7, 11) is 0. The maximum Gasteiger partial charge on any atom is 0.407 e. The first-order valence-electron chi connectivity index (χ1n) is 12.6. The fraction of sp³-hybridized carbons (Fsp3) is 0.464. The number of fused-ring (bicyclic) bond motifs is 3. The van der Waals surface area contributed by atoms with Crippen LogP contribution in [0.2, 0.25) is 0 Å². The second kappa shape index (κ2) is 11.4. The third kappa shape index (κ3) is 5.84. The first kappa shape index (κ1) is 24.8. The van der Waals surface area contributed by atoms with Gasteiger partial charge < -0.3 is 20.5 Å². The minimum absolute atomic E-state index is 0.00419. The van der Waals surface area contributed by atoms with E-state index in [0.717, 1.165) is 30.4 Å². The van der Waals surface area contributed by atoms with Crippen LogP contribution in [0.1, 0.15) is 56.1 Å². The van der Waals surface area contributed by atoms with Gasteiger partial charge in [0.25, 0.3) is 0 Å². The maximum absolute atomic E-state index is 12.4. The zero-order valence-corrected chi connectivity index (χ0v) is 20.2. The molecule has 186 valence electrons. The minimum Gasteiger partial charge on any atom is -0.481 e. The number of rotatable bonds is 10. The highest BCUT2D eigenvalue weighted by Gasteiger charge is 2.33. The lowest BCUT2D eigenvalue weighted by Crippen LogP contribution is -2.36. The van der Waals surface area contributed by atoms with Gasteiger partial charge >= 0.3 is 12.1 Å². The van der Waals surface area contributed by atoms with Crippen LogP contribution in [0.3, 0.4) is 0 Å². The quantitative estimate of drug-likeness (QED) is 0.464. The van der Waals surface area contributed by atoms with Crippen molar-refractivity contribution < 1.29 is 24.2 Å². The molecule has 2 aliphatic rings. The Labute approximate surface area is 206 Å². The summed E-state index contributed by atoms with van der Waals surface area (Å²) in [6.45, 7) is 2.98. The molecule has 2 aliphatic carbocycles. The van der Waals surface area contributed by atoms with Crippen LogP contribution >= 0.6 is 0 Å². The van der Waals surface area contributed by atoms with E-state index in [4.69, 9.17) is 4.74 Å². The van der Waals surface area contributed by atoms with Crippen molar-refractivity contribution in [2.45, 2.75) is 44.9 Å². The molecule has 2 aromatic rings. The number of alkyl carbamates (subject to hydrolysis) is 1. The fourth-order valence-corrected chi connectivity index (χ4v) is 5.42. The molecule has 0 spiro atoms. The van der Waals surface area contributed by atoms with Gasteiger partial charge in [-0.1, -0.05) is 68.3 Å². The Morgan fingerprint density at radius 1 is 1.00 bits per heavy atom. The third-order valence-corrected chi connectivity index (χ3v) is 7.47. The van der Waals surface area contributed by atoms with Gasteiger partial charge in [-0.2, -0.15) is 0 Å². The molecule has 3 N–H and O–H groups in total. The first-order chi connectivity index (χ1) is 17.0. The predicted octanol–water partition coefficient (Wildman–Crippen LogP) is 4.56. The van der Waals surface area contributed by atoms with Crippen molar-refractivity contribution in [2.24, 2.45) is 17.8 Å². The number of carboxylic acids is 1. The van der Waals surface area contributed by atoms with Crippen LogP contribution in [0.5, 0.6) is 0 Å². The average Bonchev–Trinajstić information content (AvgIpc) is 3.47. The molecule has 0 bridgehead atoms. The molecule has 7 nitrogen and oxygen atoms in total. The van der Waals surface area contributed by atoms with E-state index in [1.807, 2.05) is 31.2 Å². The third-order valence-electron chi connectivity index (χ3n) is 7.47. The molecule has 1 fully saturated rings. The Morgan fingerprint density at radius 2 is 1.66 bits per heavy atom. The molecule has 0 aromatic heterocycles. The molecule has 2 aromatic carbocycles. The molecule has 4 rings (SSSR count). The first-order valence-corrected chi connectivity index (χ1v) is 12.6. The average molecular weight is 479 g/mol. The highest BCUT2D eigenvalue weighted by Crippen LogP contribution is 2.44. The van der Waals surface area contributed by atoms with Crippen molar-refractivity contribution >= 4 is 18.0 Å². The largest absolute Gasteiger partial charge is 0.481 e. The number of amides is 2. The molecule has 3 atom stereocenters. The zero-order chi connectivity index (χ0) is 24.8. The van der Waals surface area contributed by atoms with Crippen LogP contribution in [0.25, 0.3) is 11.1 Å². The second-order valence-corrected chi connectivity index (χ2v) is 9.62. The van der Waals surface area contributed by atoms with Crippen LogP contribution in [-0.4, -0.2) is 42.8 Å². The number of hydrogen-bond donors (Lipinski definition) is 3. The molecular weight excluding hydrogens is 444 g/mol. The van der Waals surface area contributed by atoms with Gasteiger partial charge in [-0.05, 0) is 46.9 Å². The second-order valence-electron chi connectivity index (χ2n) is 9.62. The van der Waals surface area contributed by atoms with Gasteiger partial charge in [0, 0.05) is 25.4 Å². The SMILES string of the molecule is CCC(CNC(=O)OCC1c2ccccc2-c2ccccc21)CC(=O)NCC1CCCC1C(=O)O. The summed E-state index contributed by atoms with van der Waals surface area (Å²) in [4.78, 5) is 36.2.